The maximum atomic E-state index is 5.72. The molecule has 2 rings (SSSR count). The van der Waals surface area contributed by atoms with E-state index in [1.165, 1.54) is 5.56 Å². The van der Waals surface area contributed by atoms with Gasteiger partial charge in [0.25, 0.3) is 0 Å². The molecule has 1 heterocycles. The first-order valence-corrected chi connectivity index (χ1v) is 6.72. The molecule has 2 heteroatoms. The summed E-state index contributed by atoms with van der Waals surface area (Å²) in [7, 11) is 0. The fourth-order valence-electron chi connectivity index (χ4n) is 1.81. The lowest BCUT2D eigenvalue weighted by Gasteiger charge is -2.23. The minimum absolute atomic E-state index is 0. The van der Waals surface area contributed by atoms with E-state index in [0.29, 0.717) is 5.88 Å². The van der Waals surface area contributed by atoms with Crippen molar-refractivity contribution in [1.82, 2.24) is 4.98 Å². The standard InChI is InChI=1S/C17H21NO.CH4/c1-5-17(3,4)14-7-9-15(10-8-14)19-16-11-6-13(2)12-18-16;/h6-12H,5H2,1-4H3;1H4. The number of hydrogen-bond donors (Lipinski definition) is 0. The summed E-state index contributed by atoms with van der Waals surface area (Å²) in [4.78, 5) is 4.24. The van der Waals surface area contributed by atoms with Crippen LogP contribution >= 0.6 is 0 Å². The molecule has 0 atom stereocenters. The van der Waals surface area contributed by atoms with Crippen LogP contribution in [-0.2, 0) is 5.41 Å². The third-order valence-corrected chi connectivity index (χ3v) is 3.63. The zero-order chi connectivity index (χ0) is 13.9. The Hall–Kier alpha value is -1.83. The van der Waals surface area contributed by atoms with E-state index >= 15 is 0 Å². The predicted molar refractivity (Wildman–Crippen MR) is 85.5 cm³/mol. The number of aromatic nitrogens is 1. The fraction of sp³-hybridized carbons (Fsp3) is 0.389. The molecular formula is C18H25NO. The van der Waals surface area contributed by atoms with Gasteiger partial charge < -0.3 is 4.74 Å². The monoisotopic (exact) mass is 271 g/mol. The van der Waals surface area contributed by atoms with Gasteiger partial charge in [-0.05, 0) is 42.0 Å². The van der Waals surface area contributed by atoms with Crippen molar-refractivity contribution in [1.29, 1.82) is 0 Å². The van der Waals surface area contributed by atoms with Crippen LogP contribution in [0.1, 0.15) is 45.7 Å². The molecule has 0 aliphatic carbocycles. The molecule has 0 unspecified atom stereocenters. The number of benzene rings is 1. The Kier molecular flexibility index (Phi) is 5.32. The first-order valence-electron chi connectivity index (χ1n) is 6.72. The molecule has 0 aliphatic heterocycles. The molecule has 20 heavy (non-hydrogen) atoms. The third-order valence-electron chi connectivity index (χ3n) is 3.63. The molecule has 0 fully saturated rings. The molecule has 0 bridgehead atoms. The van der Waals surface area contributed by atoms with Crippen molar-refractivity contribution >= 4 is 0 Å². The Morgan fingerprint density at radius 2 is 1.70 bits per heavy atom. The van der Waals surface area contributed by atoms with Gasteiger partial charge in [-0.25, -0.2) is 4.98 Å². The Labute approximate surface area is 122 Å². The van der Waals surface area contributed by atoms with Crippen LogP contribution in [0, 0.1) is 6.92 Å². The van der Waals surface area contributed by atoms with E-state index in [2.05, 4.69) is 37.9 Å². The molecule has 0 spiro atoms. The summed E-state index contributed by atoms with van der Waals surface area (Å²) in [6.45, 7) is 8.73. The summed E-state index contributed by atoms with van der Waals surface area (Å²) in [6, 6.07) is 12.2. The summed E-state index contributed by atoms with van der Waals surface area (Å²) in [5.74, 6) is 1.46. The number of pyridine rings is 1. The topological polar surface area (TPSA) is 22.1 Å². The largest absolute Gasteiger partial charge is 0.439 e. The predicted octanol–water partition coefficient (Wildman–Crippen LogP) is 5.51. The van der Waals surface area contributed by atoms with E-state index in [0.717, 1.165) is 17.7 Å². The first kappa shape index (κ1) is 16.2. The van der Waals surface area contributed by atoms with Gasteiger partial charge in [-0.15, -0.1) is 0 Å². The summed E-state index contributed by atoms with van der Waals surface area (Å²) < 4.78 is 5.72. The van der Waals surface area contributed by atoms with E-state index in [4.69, 9.17) is 4.74 Å². The van der Waals surface area contributed by atoms with Crippen molar-refractivity contribution in [2.24, 2.45) is 0 Å². The first-order chi connectivity index (χ1) is 9.01. The van der Waals surface area contributed by atoms with E-state index in [1.807, 2.05) is 37.4 Å². The quantitative estimate of drug-likeness (QED) is 0.732. The molecule has 2 nitrogen and oxygen atoms in total. The van der Waals surface area contributed by atoms with Crippen molar-refractivity contribution in [3.63, 3.8) is 0 Å². The van der Waals surface area contributed by atoms with Crippen LogP contribution in [0.15, 0.2) is 42.6 Å². The highest BCUT2D eigenvalue weighted by Gasteiger charge is 2.17. The number of hydrogen-bond acceptors (Lipinski definition) is 2. The van der Waals surface area contributed by atoms with Gasteiger partial charge in [-0.3, -0.25) is 0 Å². The summed E-state index contributed by atoms with van der Waals surface area (Å²) in [5.41, 5.74) is 2.67. The highest BCUT2D eigenvalue weighted by Crippen LogP contribution is 2.29. The SMILES string of the molecule is C.CCC(C)(C)c1ccc(Oc2ccc(C)cn2)cc1. The Morgan fingerprint density at radius 1 is 1.05 bits per heavy atom. The van der Waals surface area contributed by atoms with E-state index in [1.54, 1.807) is 0 Å². The average Bonchev–Trinajstić information content (AvgIpc) is 2.42. The molecule has 0 amide bonds. The number of aryl methyl sites for hydroxylation is 1. The number of ether oxygens (including phenoxy) is 1. The van der Waals surface area contributed by atoms with Crippen LogP contribution in [0.5, 0.6) is 11.6 Å². The van der Waals surface area contributed by atoms with E-state index in [-0.39, 0.29) is 12.8 Å². The Morgan fingerprint density at radius 3 is 2.20 bits per heavy atom. The maximum Gasteiger partial charge on any atom is 0.219 e. The van der Waals surface area contributed by atoms with E-state index < -0.39 is 0 Å². The van der Waals surface area contributed by atoms with Crippen molar-refractivity contribution in [2.45, 2.75) is 47.0 Å². The molecule has 1 aromatic heterocycles. The summed E-state index contributed by atoms with van der Waals surface area (Å²) >= 11 is 0. The van der Waals surface area contributed by atoms with Gasteiger partial charge in [0.2, 0.25) is 5.88 Å². The molecule has 108 valence electrons. The second-order valence-electron chi connectivity index (χ2n) is 5.54. The average molecular weight is 271 g/mol. The molecule has 0 aliphatic rings. The minimum atomic E-state index is 0. The van der Waals surface area contributed by atoms with Crippen LogP contribution in [-0.4, -0.2) is 4.98 Å². The maximum absolute atomic E-state index is 5.72. The van der Waals surface area contributed by atoms with Gasteiger partial charge in [0.05, 0.1) is 0 Å². The molecule has 0 N–H and O–H groups in total. The molecule has 2 aromatic rings. The van der Waals surface area contributed by atoms with Crippen LogP contribution in [0.3, 0.4) is 0 Å². The smallest absolute Gasteiger partial charge is 0.219 e. The summed E-state index contributed by atoms with van der Waals surface area (Å²) in [5, 5.41) is 0. The van der Waals surface area contributed by atoms with Crippen molar-refractivity contribution in [2.75, 3.05) is 0 Å². The van der Waals surface area contributed by atoms with E-state index in [9.17, 15) is 0 Å². The molecule has 0 saturated heterocycles. The second-order valence-corrected chi connectivity index (χ2v) is 5.54. The Balaban J connectivity index is 0.00000200. The van der Waals surface area contributed by atoms with Gasteiger partial charge in [0, 0.05) is 12.3 Å². The van der Waals surface area contributed by atoms with Gasteiger partial charge in [0.15, 0.2) is 0 Å². The van der Waals surface area contributed by atoms with Crippen molar-refractivity contribution in [3.05, 3.63) is 53.7 Å². The van der Waals surface area contributed by atoms with Crippen LogP contribution in [0.2, 0.25) is 0 Å². The second kappa shape index (κ2) is 6.56. The van der Waals surface area contributed by atoms with Crippen LogP contribution in [0.4, 0.5) is 0 Å². The van der Waals surface area contributed by atoms with Crippen molar-refractivity contribution < 1.29 is 4.74 Å². The Bertz CT molecular complexity index is 526. The zero-order valence-corrected chi connectivity index (χ0v) is 12.1. The number of nitrogens with zero attached hydrogens (tertiary/aromatic N) is 1. The highest BCUT2D eigenvalue weighted by atomic mass is 16.5. The molecule has 0 saturated carbocycles. The minimum Gasteiger partial charge on any atom is -0.439 e. The lowest BCUT2D eigenvalue weighted by molar-refractivity contribution is 0.460. The lowest BCUT2D eigenvalue weighted by Crippen LogP contribution is -2.14. The molecular weight excluding hydrogens is 246 g/mol. The van der Waals surface area contributed by atoms with Gasteiger partial charge in [-0.1, -0.05) is 46.4 Å². The normalized spacial score (nSPS) is 10.8. The van der Waals surface area contributed by atoms with Gasteiger partial charge in [0.1, 0.15) is 5.75 Å². The molecule has 0 radical (unpaired) electrons. The van der Waals surface area contributed by atoms with Crippen LogP contribution in [0.25, 0.3) is 0 Å². The fourth-order valence-corrected chi connectivity index (χ4v) is 1.81. The van der Waals surface area contributed by atoms with Crippen molar-refractivity contribution in [3.8, 4) is 11.6 Å². The van der Waals surface area contributed by atoms with Gasteiger partial charge >= 0.3 is 0 Å². The zero-order valence-electron chi connectivity index (χ0n) is 12.1. The van der Waals surface area contributed by atoms with Gasteiger partial charge in [-0.2, -0.15) is 0 Å². The number of rotatable bonds is 4. The third kappa shape index (κ3) is 3.83. The lowest BCUT2D eigenvalue weighted by atomic mass is 9.82. The summed E-state index contributed by atoms with van der Waals surface area (Å²) in [6.07, 6.45) is 2.93. The molecule has 1 aromatic carbocycles. The highest BCUT2D eigenvalue weighted by molar-refractivity contribution is 5.33. The van der Waals surface area contributed by atoms with Crippen LogP contribution < -0.4 is 4.74 Å².